The van der Waals surface area contributed by atoms with Crippen molar-refractivity contribution >= 4 is 23.4 Å². The molecule has 0 bridgehead atoms. The van der Waals surface area contributed by atoms with Gasteiger partial charge in [-0.15, -0.1) is 0 Å². The van der Waals surface area contributed by atoms with E-state index in [1.807, 2.05) is 42.5 Å². The second-order valence-corrected chi connectivity index (χ2v) is 8.21. The number of halogens is 1. The predicted molar refractivity (Wildman–Crippen MR) is 119 cm³/mol. The molecule has 1 saturated carbocycles. The lowest BCUT2D eigenvalue weighted by atomic mass is 10.1. The molecule has 30 heavy (non-hydrogen) atoms. The predicted octanol–water partition coefficient (Wildman–Crippen LogP) is 4.37. The van der Waals surface area contributed by atoms with Gasteiger partial charge in [-0.2, -0.15) is 0 Å². The summed E-state index contributed by atoms with van der Waals surface area (Å²) in [6, 6.07) is 14.5. The number of methoxy groups -OCH3 is 1. The molecule has 3 rings (SSSR count). The van der Waals surface area contributed by atoms with E-state index in [2.05, 4.69) is 5.32 Å². The van der Waals surface area contributed by atoms with Crippen molar-refractivity contribution in [1.82, 2.24) is 10.2 Å². The maximum Gasteiger partial charge on any atom is 0.242 e. The van der Waals surface area contributed by atoms with E-state index in [0.717, 1.165) is 36.8 Å². The highest BCUT2D eigenvalue weighted by Gasteiger charge is 2.28. The quantitative estimate of drug-likeness (QED) is 0.679. The highest BCUT2D eigenvalue weighted by atomic mass is 35.5. The smallest absolute Gasteiger partial charge is 0.242 e. The number of carbonyl (C=O) groups excluding carboxylic acids is 2. The Morgan fingerprint density at radius 1 is 1.17 bits per heavy atom. The molecule has 2 aromatic rings. The molecule has 0 aromatic heterocycles. The van der Waals surface area contributed by atoms with E-state index in [1.54, 1.807) is 25.0 Å². The van der Waals surface area contributed by atoms with Crippen LogP contribution in [0.15, 0.2) is 48.5 Å². The fourth-order valence-corrected chi connectivity index (χ4v) is 4.05. The number of benzene rings is 2. The maximum absolute atomic E-state index is 13.3. The highest BCUT2D eigenvalue weighted by molar-refractivity contribution is 6.31. The van der Waals surface area contributed by atoms with Crippen molar-refractivity contribution in [3.63, 3.8) is 0 Å². The van der Waals surface area contributed by atoms with E-state index in [1.165, 1.54) is 0 Å². The molecule has 0 spiro atoms. The summed E-state index contributed by atoms with van der Waals surface area (Å²) in [5, 5.41) is 3.67. The topological polar surface area (TPSA) is 58.6 Å². The van der Waals surface area contributed by atoms with Gasteiger partial charge in [-0.1, -0.05) is 54.8 Å². The van der Waals surface area contributed by atoms with Crippen LogP contribution >= 0.6 is 11.6 Å². The third-order valence-electron chi connectivity index (χ3n) is 5.66. The molecule has 2 amide bonds. The van der Waals surface area contributed by atoms with Crippen LogP contribution in [0.5, 0.6) is 5.75 Å². The Morgan fingerprint density at radius 3 is 2.60 bits per heavy atom. The molecule has 1 atom stereocenters. The second kappa shape index (κ2) is 10.5. The van der Waals surface area contributed by atoms with E-state index in [0.29, 0.717) is 17.3 Å². The van der Waals surface area contributed by atoms with Gasteiger partial charge in [0.05, 0.1) is 13.5 Å². The summed E-state index contributed by atoms with van der Waals surface area (Å²) < 4.78 is 5.30. The average Bonchev–Trinajstić information content (AvgIpc) is 3.26. The van der Waals surface area contributed by atoms with Crippen molar-refractivity contribution in [2.75, 3.05) is 7.11 Å². The molecule has 0 aliphatic heterocycles. The third-order valence-corrected chi connectivity index (χ3v) is 6.02. The summed E-state index contributed by atoms with van der Waals surface area (Å²) in [6.07, 6.45) is 4.42. The zero-order valence-electron chi connectivity index (χ0n) is 17.6. The van der Waals surface area contributed by atoms with Gasteiger partial charge < -0.3 is 15.0 Å². The largest absolute Gasteiger partial charge is 0.497 e. The minimum Gasteiger partial charge on any atom is -0.497 e. The van der Waals surface area contributed by atoms with Gasteiger partial charge in [-0.25, -0.2) is 0 Å². The minimum absolute atomic E-state index is 0.114. The van der Waals surface area contributed by atoms with E-state index >= 15 is 0 Å². The first-order chi connectivity index (χ1) is 14.5. The van der Waals surface area contributed by atoms with Gasteiger partial charge in [0, 0.05) is 17.6 Å². The lowest BCUT2D eigenvalue weighted by Crippen LogP contribution is -2.50. The fourth-order valence-electron chi connectivity index (χ4n) is 3.85. The lowest BCUT2D eigenvalue weighted by molar-refractivity contribution is -0.140. The van der Waals surface area contributed by atoms with Crippen molar-refractivity contribution in [2.24, 2.45) is 0 Å². The zero-order chi connectivity index (χ0) is 21.5. The van der Waals surface area contributed by atoms with Crippen molar-refractivity contribution in [3.8, 4) is 5.75 Å². The number of hydrogen-bond donors (Lipinski definition) is 1. The number of carbonyl (C=O) groups is 2. The molecule has 1 aliphatic rings. The Hall–Kier alpha value is -2.53. The molecule has 0 heterocycles. The van der Waals surface area contributed by atoms with Crippen LogP contribution in [0.25, 0.3) is 0 Å². The Labute approximate surface area is 183 Å². The van der Waals surface area contributed by atoms with Crippen LogP contribution in [0.1, 0.15) is 43.7 Å². The van der Waals surface area contributed by atoms with Gasteiger partial charge in [0.1, 0.15) is 11.8 Å². The summed E-state index contributed by atoms with van der Waals surface area (Å²) in [7, 11) is 1.61. The number of ether oxygens (including phenoxy) is 1. The number of hydrogen-bond acceptors (Lipinski definition) is 3. The molecular weight excluding hydrogens is 400 g/mol. The molecule has 6 heteroatoms. The monoisotopic (exact) mass is 428 g/mol. The van der Waals surface area contributed by atoms with Crippen molar-refractivity contribution < 1.29 is 14.3 Å². The molecular formula is C24H29ClN2O3. The molecule has 1 fully saturated rings. The molecule has 5 nitrogen and oxygen atoms in total. The molecule has 1 aliphatic carbocycles. The van der Waals surface area contributed by atoms with Crippen LogP contribution < -0.4 is 10.1 Å². The standard InChI is InChI=1S/C24H29ClN2O3/c1-17(24(29)26-20-10-4-5-11-20)27(16-18-8-7-12-21(14-18)30-2)23(28)15-19-9-3-6-13-22(19)25/h3,6-9,12-14,17,20H,4-5,10-11,15-16H2,1-2H3,(H,26,29). The van der Waals surface area contributed by atoms with Gasteiger partial charge in [0.15, 0.2) is 0 Å². The third kappa shape index (κ3) is 5.76. The summed E-state index contributed by atoms with van der Waals surface area (Å²) in [6.45, 7) is 2.11. The van der Waals surface area contributed by atoms with Crippen LogP contribution in [-0.4, -0.2) is 35.9 Å². The van der Waals surface area contributed by atoms with Crippen LogP contribution in [0.3, 0.4) is 0 Å². The van der Waals surface area contributed by atoms with Crippen LogP contribution in [0.2, 0.25) is 5.02 Å². The van der Waals surface area contributed by atoms with Gasteiger partial charge in [0.25, 0.3) is 0 Å². The zero-order valence-corrected chi connectivity index (χ0v) is 18.3. The maximum atomic E-state index is 13.3. The normalized spacial score (nSPS) is 14.9. The van der Waals surface area contributed by atoms with Crippen LogP contribution in [-0.2, 0) is 22.6 Å². The highest BCUT2D eigenvalue weighted by Crippen LogP contribution is 2.21. The second-order valence-electron chi connectivity index (χ2n) is 7.81. The van der Waals surface area contributed by atoms with Crippen molar-refractivity contribution in [3.05, 3.63) is 64.7 Å². The fraction of sp³-hybridized carbons (Fsp3) is 0.417. The van der Waals surface area contributed by atoms with E-state index in [-0.39, 0.29) is 24.3 Å². The molecule has 0 saturated heterocycles. The number of amides is 2. The molecule has 160 valence electrons. The van der Waals surface area contributed by atoms with Crippen molar-refractivity contribution in [1.29, 1.82) is 0 Å². The number of nitrogens with zero attached hydrogens (tertiary/aromatic N) is 1. The summed E-state index contributed by atoms with van der Waals surface area (Å²) in [4.78, 5) is 27.8. The molecule has 1 unspecified atom stereocenters. The average molecular weight is 429 g/mol. The Kier molecular flexibility index (Phi) is 7.75. The lowest BCUT2D eigenvalue weighted by Gasteiger charge is -2.30. The number of rotatable bonds is 8. The van der Waals surface area contributed by atoms with Gasteiger partial charge in [-0.05, 0) is 49.1 Å². The first-order valence-electron chi connectivity index (χ1n) is 10.4. The van der Waals surface area contributed by atoms with E-state index in [9.17, 15) is 9.59 Å². The summed E-state index contributed by atoms with van der Waals surface area (Å²) in [5.74, 6) is 0.464. The van der Waals surface area contributed by atoms with E-state index in [4.69, 9.17) is 16.3 Å². The Balaban J connectivity index is 1.79. The van der Waals surface area contributed by atoms with Crippen LogP contribution in [0.4, 0.5) is 0 Å². The molecule has 2 aromatic carbocycles. The van der Waals surface area contributed by atoms with Crippen LogP contribution in [0, 0.1) is 0 Å². The summed E-state index contributed by atoms with van der Waals surface area (Å²) >= 11 is 6.26. The van der Waals surface area contributed by atoms with Gasteiger partial charge >= 0.3 is 0 Å². The first kappa shape index (κ1) is 22.2. The summed E-state index contributed by atoms with van der Waals surface area (Å²) in [5.41, 5.74) is 1.66. The van der Waals surface area contributed by atoms with Gasteiger partial charge in [0.2, 0.25) is 11.8 Å². The Bertz CT molecular complexity index is 880. The minimum atomic E-state index is -0.591. The molecule has 0 radical (unpaired) electrons. The van der Waals surface area contributed by atoms with E-state index < -0.39 is 6.04 Å². The number of nitrogens with one attached hydrogen (secondary N) is 1. The van der Waals surface area contributed by atoms with Crippen molar-refractivity contribution in [2.45, 2.75) is 57.7 Å². The Morgan fingerprint density at radius 2 is 1.90 bits per heavy atom. The molecule has 1 N–H and O–H groups in total. The van der Waals surface area contributed by atoms with Gasteiger partial charge in [-0.3, -0.25) is 9.59 Å². The SMILES string of the molecule is COc1cccc(CN(C(=O)Cc2ccccc2Cl)C(C)C(=O)NC2CCCC2)c1. The first-order valence-corrected chi connectivity index (χ1v) is 10.8.